The fraction of sp³-hybridized carbons (Fsp3) is 0.900. The number of hydrogen-bond acceptors (Lipinski definition) is 5. The zero-order valence-corrected chi connectivity index (χ0v) is 13.9. The van der Waals surface area contributed by atoms with Gasteiger partial charge in [0.05, 0.1) is 12.2 Å². The molecule has 1 aliphatic rings. The lowest BCUT2D eigenvalue weighted by Crippen LogP contribution is -2.53. The first-order chi connectivity index (χ1) is 9.46. The number of nitrogens with zero attached hydrogens (tertiary/aromatic N) is 3. The Morgan fingerprint density at radius 1 is 1.14 bits per heavy atom. The van der Waals surface area contributed by atoms with E-state index < -0.39 is 32.1 Å². The molecule has 124 valence electrons. The molecule has 0 amide bonds. The molecule has 1 rings (SSSR count). The fourth-order valence-electron chi connectivity index (χ4n) is 1.99. The SMILES string of the molecule is CC(CN(C)S(=O)(=O)N1CCN(S(C)(=O)=O)CC1)C(=O)O. The number of aliphatic carboxylic acids is 1. The zero-order chi connectivity index (χ0) is 16.4. The van der Waals surface area contributed by atoms with Crippen molar-refractivity contribution < 1.29 is 26.7 Å². The molecule has 0 radical (unpaired) electrons. The van der Waals surface area contributed by atoms with Crippen LogP contribution >= 0.6 is 0 Å². The molecule has 1 unspecified atom stereocenters. The highest BCUT2D eigenvalue weighted by Gasteiger charge is 2.33. The maximum atomic E-state index is 12.3. The van der Waals surface area contributed by atoms with E-state index in [9.17, 15) is 21.6 Å². The molecule has 0 aromatic heterocycles. The highest BCUT2D eigenvalue weighted by molar-refractivity contribution is 7.88. The van der Waals surface area contributed by atoms with Crippen molar-refractivity contribution in [2.75, 3.05) is 46.0 Å². The summed E-state index contributed by atoms with van der Waals surface area (Å²) >= 11 is 0. The van der Waals surface area contributed by atoms with Gasteiger partial charge in [0.2, 0.25) is 10.0 Å². The Kier molecular flexibility index (Phi) is 5.72. The molecule has 0 aliphatic carbocycles. The van der Waals surface area contributed by atoms with E-state index in [1.54, 1.807) is 0 Å². The van der Waals surface area contributed by atoms with Crippen LogP contribution in [0.1, 0.15) is 6.92 Å². The van der Waals surface area contributed by atoms with Crippen LogP contribution in [0.2, 0.25) is 0 Å². The van der Waals surface area contributed by atoms with Gasteiger partial charge in [0, 0.05) is 39.8 Å². The molecule has 1 atom stereocenters. The van der Waals surface area contributed by atoms with Crippen molar-refractivity contribution >= 4 is 26.2 Å². The number of hydrogen-bond donors (Lipinski definition) is 1. The van der Waals surface area contributed by atoms with Crippen molar-refractivity contribution in [3.8, 4) is 0 Å². The third-order valence-electron chi connectivity index (χ3n) is 3.34. The maximum Gasteiger partial charge on any atom is 0.307 e. The molecular weight excluding hydrogens is 322 g/mol. The normalized spacial score (nSPS) is 20.6. The summed E-state index contributed by atoms with van der Waals surface area (Å²) in [6, 6.07) is 0. The highest BCUT2D eigenvalue weighted by Crippen LogP contribution is 2.14. The van der Waals surface area contributed by atoms with Crippen molar-refractivity contribution in [2.45, 2.75) is 6.92 Å². The molecule has 0 spiro atoms. The maximum absolute atomic E-state index is 12.3. The molecule has 1 N–H and O–H groups in total. The van der Waals surface area contributed by atoms with Gasteiger partial charge >= 0.3 is 5.97 Å². The average Bonchev–Trinajstić information content (AvgIpc) is 2.37. The van der Waals surface area contributed by atoms with Gasteiger partial charge in [-0.25, -0.2) is 8.42 Å². The molecule has 0 bridgehead atoms. The van der Waals surface area contributed by atoms with E-state index in [-0.39, 0.29) is 32.7 Å². The summed E-state index contributed by atoms with van der Waals surface area (Å²) in [5.74, 6) is -1.89. The second-order valence-electron chi connectivity index (χ2n) is 5.09. The largest absolute Gasteiger partial charge is 0.481 e. The highest BCUT2D eigenvalue weighted by atomic mass is 32.2. The first kappa shape index (κ1) is 18.3. The first-order valence-corrected chi connectivity index (χ1v) is 9.60. The quantitative estimate of drug-likeness (QED) is 0.625. The third-order valence-corrected chi connectivity index (χ3v) is 6.60. The molecule has 11 heteroatoms. The van der Waals surface area contributed by atoms with Crippen LogP contribution in [-0.2, 0) is 25.0 Å². The number of piperazine rings is 1. The Bertz CT molecular complexity index is 580. The van der Waals surface area contributed by atoms with Gasteiger partial charge in [0.1, 0.15) is 0 Å². The van der Waals surface area contributed by atoms with Crippen LogP contribution in [0.3, 0.4) is 0 Å². The molecule has 0 saturated carbocycles. The molecule has 21 heavy (non-hydrogen) atoms. The summed E-state index contributed by atoms with van der Waals surface area (Å²) in [5.41, 5.74) is 0. The van der Waals surface area contributed by atoms with E-state index in [4.69, 9.17) is 5.11 Å². The predicted octanol–water partition coefficient (Wildman–Crippen LogP) is -1.54. The van der Waals surface area contributed by atoms with Crippen LogP contribution in [-0.4, -0.2) is 86.9 Å². The summed E-state index contributed by atoms with van der Waals surface area (Å²) in [5, 5.41) is 8.82. The molecule has 1 aliphatic heterocycles. The van der Waals surface area contributed by atoms with Gasteiger partial charge < -0.3 is 5.11 Å². The first-order valence-electron chi connectivity index (χ1n) is 6.35. The van der Waals surface area contributed by atoms with E-state index in [0.717, 1.165) is 10.6 Å². The van der Waals surface area contributed by atoms with E-state index in [0.29, 0.717) is 0 Å². The minimum absolute atomic E-state index is 0.0567. The second-order valence-corrected chi connectivity index (χ2v) is 9.11. The van der Waals surface area contributed by atoms with Gasteiger partial charge in [-0.2, -0.15) is 21.3 Å². The van der Waals surface area contributed by atoms with Gasteiger partial charge in [-0.05, 0) is 0 Å². The van der Waals surface area contributed by atoms with Crippen molar-refractivity contribution in [2.24, 2.45) is 5.92 Å². The van der Waals surface area contributed by atoms with E-state index >= 15 is 0 Å². The fourth-order valence-corrected chi connectivity index (χ4v) is 4.24. The van der Waals surface area contributed by atoms with E-state index in [1.165, 1.54) is 22.6 Å². The minimum atomic E-state index is -3.78. The minimum Gasteiger partial charge on any atom is -0.481 e. The number of carboxylic acid groups (broad SMARTS) is 1. The Morgan fingerprint density at radius 2 is 1.57 bits per heavy atom. The third kappa shape index (κ3) is 4.61. The van der Waals surface area contributed by atoms with Crippen molar-refractivity contribution in [1.29, 1.82) is 0 Å². The Labute approximate surface area is 125 Å². The summed E-state index contributed by atoms with van der Waals surface area (Å²) < 4.78 is 50.7. The number of carboxylic acids is 1. The van der Waals surface area contributed by atoms with Crippen LogP contribution < -0.4 is 0 Å². The number of carbonyl (C=O) groups is 1. The van der Waals surface area contributed by atoms with Crippen LogP contribution in [0.4, 0.5) is 0 Å². The zero-order valence-electron chi connectivity index (χ0n) is 12.3. The van der Waals surface area contributed by atoms with E-state index in [1.807, 2.05) is 0 Å². The van der Waals surface area contributed by atoms with E-state index in [2.05, 4.69) is 0 Å². The summed E-state index contributed by atoms with van der Waals surface area (Å²) in [6.45, 7) is 1.60. The number of sulfonamides is 1. The standard InChI is InChI=1S/C10H21N3O6S2/c1-9(10(14)15)8-11(2)21(18,19)13-6-4-12(5-7-13)20(3,16)17/h9H,4-8H2,1-3H3,(H,14,15). The van der Waals surface area contributed by atoms with Gasteiger partial charge in [0.25, 0.3) is 10.2 Å². The van der Waals surface area contributed by atoms with Crippen LogP contribution in [0.5, 0.6) is 0 Å². The summed E-state index contributed by atoms with van der Waals surface area (Å²) in [6.07, 6.45) is 1.08. The smallest absolute Gasteiger partial charge is 0.307 e. The van der Waals surface area contributed by atoms with Gasteiger partial charge in [0.15, 0.2) is 0 Å². The molecule has 1 heterocycles. The van der Waals surface area contributed by atoms with Crippen LogP contribution in [0, 0.1) is 5.92 Å². The molecule has 9 nitrogen and oxygen atoms in total. The van der Waals surface area contributed by atoms with Crippen molar-refractivity contribution in [3.05, 3.63) is 0 Å². The summed E-state index contributed by atoms with van der Waals surface area (Å²) in [4.78, 5) is 10.8. The van der Waals surface area contributed by atoms with Gasteiger partial charge in [-0.3, -0.25) is 4.79 Å². The lowest BCUT2D eigenvalue weighted by Gasteiger charge is -2.34. The monoisotopic (exact) mass is 343 g/mol. The lowest BCUT2D eigenvalue weighted by molar-refractivity contribution is -0.141. The van der Waals surface area contributed by atoms with Gasteiger partial charge in [-0.1, -0.05) is 6.92 Å². The van der Waals surface area contributed by atoms with Crippen LogP contribution in [0.25, 0.3) is 0 Å². The molecule has 1 fully saturated rings. The van der Waals surface area contributed by atoms with Gasteiger partial charge in [-0.15, -0.1) is 0 Å². The Balaban J connectivity index is 2.71. The summed E-state index contributed by atoms with van der Waals surface area (Å²) in [7, 11) is -5.79. The predicted molar refractivity (Wildman–Crippen MR) is 76.3 cm³/mol. The van der Waals surface area contributed by atoms with Crippen molar-refractivity contribution in [3.63, 3.8) is 0 Å². The molecular formula is C10H21N3O6S2. The van der Waals surface area contributed by atoms with Crippen LogP contribution in [0.15, 0.2) is 0 Å². The molecule has 0 aromatic rings. The Morgan fingerprint density at radius 3 is 1.95 bits per heavy atom. The average molecular weight is 343 g/mol. The molecule has 1 saturated heterocycles. The second kappa shape index (κ2) is 6.57. The molecule has 0 aromatic carbocycles. The lowest BCUT2D eigenvalue weighted by atomic mass is 10.2. The van der Waals surface area contributed by atoms with Crippen molar-refractivity contribution in [1.82, 2.24) is 12.9 Å². The number of rotatable bonds is 6. The Hall–Kier alpha value is -0.750. The topological polar surface area (TPSA) is 115 Å².